The summed E-state index contributed by atoms with van der Waals surface area (Å²) < 4.78 is 5.86. The zero-order chi connectivity index (χ0) is 54.4. The molecule has 0 atom stereocenters. The van der Waals surface area contributed by atoms with Gasteiger partial charge in [-0.2, -0.15) is 15.3 Å². The van der Waals surface area contributed by atoms with Crippen molar-refractivity contribution < 1.29 is 19.1 Å². The molecule has 0 aliphatic rings. The molecule has 394 valence electrons. The van der Waals surface area contributed by atoms with E-state index in [1.54, 1.807) is 0 Å². The summed E-state index contributed by atoms with van der Waals surface area (Å²) in [7, 11) is 0. The van der Waals surface area contributed by atoms with Crippen LogP contribution in [0.4, 0.5) is 23.1 Å². The second-order valence-corrected chi connectivity index (χ2v) is 19.4. The number of aromatic amines is 3. The van der Waals surface area contributed by atoms with Crippen molar-refractivity contribution in [2.45, 2.75) is 79.2 Å². The molecule has 3 aromatic heterocycles. The highest BCUT2D eigenvalue weighted by molar-refractivity contribution is 6.35. The summed E-state index contributed by atoms with van der Waals surface area (Å²) in [5.74, 6) is 2.24. The van der Waals surface area contributed by atoms with Crippen molar-refractivity contribution in [1.29, 1.82) is 0 Å². The Bertz CT molecular complexity index is 3630. The summed E-state index contributed by atoms with van der Waals surface area (Å²) in [6, 6.07) is 45.0. The smallest absolute Gasteiger partial charge is 0.225 e. The van der Waals surface area contributed by atoms with Crippen LogP contribution in [0.25, 0.3) is 66.1 Å². The molecule has 10 rings (SSSR count). The molecule has 10 aromatic rings. The maximum atomic E-state index is 12.0. The van der Waals surface area contributed by atoms with E-state index in [1.807, 2.05) is 136 Å². The van der Waals surface area contributed by atoms with Crippen LogP contribution in [0.2, 0.25) is 15.1 Å². The maximum Gasteiger partial charge on any atom is 0.225 e. The van der Waals surface area contributed by atoms with Crippen LogP contribution in [0.5, 0.6) is 5.75 Å². The molecular weight excluding hydrogens is 1030 g/mol. The molecule has 7 aromatic carbocycles. The fourth-order valence-corrected chi connectivity index (χ4v) is 9.20. The van der Waals surface area contributed by atoms with Crippen molar-refractivity contribution in [3.05, 3.63) is 166 Å². The number of hydrogen-bond acceptors (Lipinski definition) is 8. The molecule has 0 bridgehead atoms. The SMILES string of the molecule is CCCC(=O)Nc1n[nH]c2cc(Cl)c(-c3ccc(CC)cc3)cc12.CCCC(=O)Nc1n[nH]c2cc(Cl)c(-c3ccc(N)cc3)cc12.CCCC(=O)Nc1n[nH]c2cc(Cl)c(-c3ccc(OCc4ccccc4)cc3)cc12. The topological polar surface area (TPSA) is 209 Å². The average Bonchev–Trinajstić information content (AvgIpc) is 4.16. The Morgan fingerprint density at radius 1 is 0.481 bits per heavy atom. The van der Waals surface area contributed by atoms with E-state index >= 15 is 0 Å². The van der Waals surface area contributed by atoms with Gasteiger partial charge >= 0.3 is 0 Å². The van der Waals surface area contributed by atoms with Gasteiger partial charge in [-0.25, -0.2) is 0 Å². The van der Waals surface area contributed by atoms with Crippen LogP contribution in [-0.2, 0) is 27.4 Å². The lowest BCUT2D eigenvalue weighted by atomic mass is 10.0. The number of amides is 3. The highest BCUT2D eigenvalue weighted by Gasteiger charge is 2.17. The molecule has 0 unspecified atom stereocenters. The van der Waals surface area contributed by atoms with E-state index in [4.69, 9.17) is 45.3 Å². The predicted octanol–water partition coefficient (Wildman–Crippen LogP) is 15.6. The summed E-state index contributed by atoms with van der Waals surface area (Å²) in [6.45, 7) is 8.54. The second-order valence-electron chi connectivity index (χ2n) is 18.2. The number of benzene rings is 7. The average molecular weight is 1090 g/mol. The van der Waals surface area contributed by atoms with E-state index in [-0.39, 0.29) is 17.7 Å². The number of carbonyl (C=O) groups excluding carboxylic acids is 3. The van der Waals surface area contributed by atoms with E-state index in [0.717, 1.165) is 103 Å². The first-order valence-electron chi connectivity index (χ1n) is 25.5. The Hall–Kier alpha value is -8.17. The van der Waals surface area contributed by atoms with Crippen LogP contribution in [0.15, 0.2) is 140 Å². The number of anilines is 4. The number of aromatic nitrogens is 6. The fourth-order valence-electron chi connectivity index (χ4n) is 8.38. The number of carbonyl (C=O) groups is 3. The Labute approximate surface area is 461 Å². The number of aryl methyl sites for hydroxylation is 1. The number of nitrogens with zero attached hydrogens (tertiary/aromatic N) is 3. The Balaban J connectivity index is 0.000000155. The highest BCUT2D eigenvalue weighted by Crippen LogP contribution is 2.38. The highest BCUT2D eigenvalue weighted by atomic mass is 35.5. The van der Waals surface area contributed by atoms with Crippen LogP contribution in [0.1, 0.15) is 77.3 Å². The second kappa shape index (κ2) is 26.1. The van der Waals surface area contributed by atoms with Gasteiger partial charge in [0.15, 0.2) is 17.5 Å². The zero-order valence-corrected chi connectivity index (χ0v) is 45.4. The molecule has 0 spiro atoms. The number of fused-ring (bicyclic) bond motifs is 3. The van der Waals surface area contributed by atoms with Crippen molar-refractivity contribution in [2.75, 3.05) is 21.7 Å². The van der Waals surface area contributed by atoms with Crippen LogP contribution in [0.3, 0.4) is 0 Å². The van der Waals surface area contributed by atoms with Gasteiger partial charge in [0, 0.05) is 57.8 Å². The summed E-state index contributed by atoms with van der Waals surface area (Å²) in [5, 5.41) is 34.3. The fraction of sp³-hybridized carbons (Fsp3) is 0.200. The molecule has 0 aliphatic heterocycles. The molecule has 3 amide bonds. The molecule has 77 heavy (non-hydrogen) atoms. The molecule has 0 radical (unpaired) electrons. The third-order valence-corrected chi connectivity index (χ3v) is 13.4. The summed E-state index contributed by atoms with van der Waals surface area (Å²) >= 11 is 19.3. The minimum absolute atomic E-state index is 0.0327. The zero-order valence-electron chi connectivity index (χ0n) is 43.1. The third-order valence-electron chi connectivity index (χ3n) is 12.5. The van der Waals surface area contributed by atoms with Gasteiger partial charge in [0.05, 0.1) is 31.6 Å². The minimum atomic E-state index is -0.0534. The van der Waals surface area contributed by atoms with E-state index < -0.39 is 0 Å². The monoisotopic (exact) mass is 1090 g/mol. The van der Waals surface area contributed by atoms with Crippen molar-refractivity contribution in [3.8, 4) is 39.1 Å². The Morgan fingerprint density at radius 2 is 0.844 bits per heavy atom. The quantitative estimate of drug-likeness (QED) is 0.0462. The third kappa shape index (κ3) is 14.0. The molecule has 14 nitrogen and oxygen atoms in total. The maximum absolute atomic E-state index is 12.0. The number of nitrogens with two attached hydrogens (primary N) is 1. The van der Waals surface area contributed by atoms with Gasteiger partial charge in [-0.05, 0) is 114 Å². The minimum Gasteiger partial charge on any atom is -0.489 e. The molecule has 17 heteroatoms. The predicted molar refractivity (Wildman–Crippen MR) is 315 cm³/mol. The van der Waals surface area contributed by atoms with E-state index in [2.05, 4.69) is 77.7 Å². The van der Waals surface area contributed by atoms with Gasteiger partial charge in [-0.1, -0.05) is 141 Å². The molecule has 0 saturated heterocycles. The number of hydrogen-bond donors (Lipinski definition) is 7. The lowest BCUT2D eigenvalue weighted by Crippen LogP contribution is -2.11. The number of nitrogens with one attached hydrogen (secondary N) is 6. The Kier molecular flexibility index (Phi) is 18.6. The van der Waals surface area contributed by atoms with Gasteiger partial charge in [0.25, 0.3) is 0 Å². The summed E-state index contributed by atoms with van der Waals surface area (Å²) in [6.07, 6.45) is 4.78. The normalized spacial score (nSPS) is 10.9. The van der Waals surface area contributed by atoms with Gasteiger partial charge in [-0.15, -0.1) is 0 Å². The Morgan fingerprint density at radius 3 is 1.21 bits per heavy atom. The molecule has 0 aliphatic carbocycles. The number of H-pyrrole nitrogens is 3. The van der Waals surface area contributed by atoms with Crippen molar-refractivity contribution in [2.24, 2.45) is 0 Å². The van der Waals surface area contributed by atoms with Gasteiger partial charge in [-0.3, -0.25) is 29.7 Å². The molecule has 0 fully saturated rings. The molecule has 0 saturated carbocycles. The lowest BCUT2D eigenvalue weighted by Gasteiger charge is -2.09. The van der Waals surface area contributed by atoms with Gasteiger partial charge in [0.2, 0.25) is 17.7 Å². The molecular formula is C60H59Cl3N10O4. The van der Waals surface area contributed by atoms with Crippen LogP contribution in [0, 0.1) is 0 Å². The number of ether oxygens (including phenoxy) is 1. The van der Waals surface area contributed by atoms with Gasteiger partial charge < -0.3 is 26.4 Å². The first-order chi connectivity index (χ1) is 37.3. The lowest BCUT2D eigenvalue weighted by molar-refractivity contribution is -0.117. The van der Waals surface area contributed by atoms with E-state index in [9.17, 15) is 14.4 Å². The number of nitrogen functional groups attached to an aromatic ring is 1. The van der Waals surface area contributed by atoms with E-state index in [1.165, 1.54) is 5.56 Å². The number of rotatable bonds is 16. The van der Waals surface area contributed by atoms with Crippen molar-refractivity contribution >= 4 is 108 Å². The van der Waals surface area contributed by atoms with E-state index in [0.29, 0.717) is 64.1 Å². The summed E-state index contributed by atoms with van der Waals surface area (Å²) in [4.78, 5) is 35.6. The molecule has 8 N–H and O–H groups in total. The molecule has 3 heterocycles. The van der Waals surface area contributed by atoms with Crippen molar-refractivity contribution in [1.82, 2.24) is 30.6 Å². The van der Waals surface area contributed by atoms with Crippen LogP contribution >= 0.6 is 34.8 Å². The first-order valence-corrected chi connectivity index (χ1v) is 26.6. The van der Waals surface area contributed by atoms with Crippen LogP contribution < -0.4 is 26.4 Å². The van der Waals surface area contributed by atoms with Crippen LogP contribution in [-0.4, -0.2) is 48.3 Å². The standard InChI is InChI=1S/C24H22ClN3O2.C19H20ClN3O.C17H17ClN4O/c1-2-6-23(29)26-24-20-13-19(21(25)14-22(20)27-28-24)17-9-11-18(12-10-17)30-15-16-7-4-3-5-8-16;1-3-5-18(24)21-19-15-10-14(16(20)11-17(15)22-23-19)13-8-6-12(4-2)7-9-13;1-2-3-16(23)20-17-13-8-12(10-4-6-11(19)7-5-10)14(18)9-15(13)21-22-17/h3-5,7-14H,2,6,15H2,1H3,(H2,26,27,28,29);6-11H,3-5H2,1-2H3,(H2,21,22,23,24);4-9H,2-3,19H2,1H3,(H2,20,21,22,23). The number of halogens is 3. The largest absolute Gasteiger partial charge is 0.489 e. The van der Waals surface area contributed by atoms with Crippen molar-refractivity contribution in [3.63, 3.8) is 0 Å². The first kappa shape index (κ1) is 55.1. The van der Waals surface area contributed by atoms with Gasteiger partial charge in [0.1, 0.15) is 12.4 Å². The summed E-state index contributed by atoms with van der Waals surface area (Å²) in [5.41, 5.74) is 16.8.